The van der Waals surface area contributed by atoms with Crippen molar-refractivity contribution in [3.05, 3.63) is 94.6 Å². The number of amides is 1. The molecule has 2 N–H and O–H groups in total. The van der Waals surface area contributed by atoms with Crippen LogP contribution in [0.3, 0.4) is 0 Å². The van der Waals surface area contributed by atoms with Gasteiger partial charge in [0.2, 0.25) is 0 Å². The van der Waals surface area contributed by atoms with Gasteiger partial charge in [0.1, 0.15) is 11.6 Å². The van der Waals surface area contributed by atoms with E-state index in [1.165, 1.54) is 18.0 Å². The molecule has 0 heterocycles. The van der Waals surface area contributed by atoms with Gasteiger partial charge in [0.05, 0.1) is 5.69 Å². The minimum atomic E-state index is -0.519. The Morgan fingerprint density at radius 2 is 1.62 bits per heavy atom. The monoisotopic (exact) mass is 439 g/mol. The van der Waals surface area contributed by atoms with Crippen molar-refractivity contribution in [2.75, 3.05) is 10.6 Å². The molecular weight excluding hydrogens is 425 g/mol. The second-order valence-corrected chi connectivity index (χ2v) is 7.83. The Morgan fingerprint density at radius 3 is 2.31 bits per heavy atom. The van der Waals surface area contributed by atoms with Crippen LogP contribution in [0.4, 0.5) is 11.4 Å². The Kier molecular flexibility index (Phi) is 7.20. The number of hydrogen-bond donors (Lipinski definition) is 2. The van der Waals surface area contributed by atoms with Crippen LogP contribution in [0.15, 0.2) is 94.4 Å². The number of benzene rings is 3. The van der Waals surface area contributed by atoms with E-state index >= 15 is 0 Å². The fourth-order valence-electron chi connectivity index (χ4n) is 2.41. The molecule has 0 bridgehead atoms. The lowest BCUT2D eigenvalue weighted by Crippen LogP contribution is -2.15. The quantitative estimate of drug-likeness (QED) is 0.335. The summed E-state index contributed by atoms with van der Waals surface area (Å²) in [6.45, 7) is 0. The molecule has 3 rings (SSSR count). The van der Waals surface area contributed by atoms with Gasteiger partial charge >= 0.3 is 0 Å². The summed E-state index contributed by atoms with van der Waals surface area (Å²) >= 11 is 13.4. The second-order valence-electron chi connectivity index (χ2n) is 5.84. The average Bonchev–Trinajstić information content (AvgIpc) is 2.70. The molecule has 3 aromatic carbocycles. The molecule has 0 aromatic heterocycles. The molecule has 0 saturated heterocycles. The zero-order chi connectivity index (χ0) is 20.6. The maximum absolute atomic E-state index is 12.6. The lowest BCUT2D eigenvalue weighted by atomic mass is 10.2. The molecule has 0 atom stereocenters. The number of para-hydroxylation sites is 1. The van der Waals surface area contributed by atoms with Crippen molar-refractivity contribution in [3.63, 3.8) is 0 Å². The average molecular weight is 440 g/mol. The highest BCUT2D eigenvalue weighted by Crippen LogP contribution is 2.33. The molecule has 0 radical (unpaired) electrons. The first-order valence-electron chi connectivity index (χ1n) is 8.51. The zero-order valence-electron chi connectivity index (χ0n) is 15.0. The van der Waals surface area contributed by atoms with Crippen molar-refractivity contribution in [2.45, 2.75) is 9.79 Å². The van der Waals surface area contributed by atoms with Crippen LogP contribution in [-0.4, -0.2) is 5.91 Å². The Balaban J connectivity index is 1.75. The number of nitriles is 1. The molecule has 0 saturated carbocycles. The number of nitrogens with one attached hydrogen (secondary N) is 2. The molecule has 4 nitrogen and oxygen atoms in total. The van der Waals surface area contributed by atoms with Crippen molar-refractivity contribution < 1.29 is 4.79 Å². The van der Waals surface area contributed by atoms with E-state index < -0.39 is 5.91 Å². The van der Waals surface area contributed by atoms with E-state index in [9.17, 15) is 10.1 Å². The summed E-state index contributed by atoms with van der Waals surface area (Å²) in [7, 11) is 0. The number of anilines is 2. The highest BCUT2D eigenvalue weighted by atomic mass is 35.5. The molecule has 0 fully saturated rings. The van der Waals surface area contributed by atoms with Crippen molar-refractivity contribution in [1.82, 2.24) is 0 Å². The van der Waals surface area contributed by atoms with Gasteiger partial charge in [-0.25, -0.2) is 0 Å². The first-order valence-corrected chi connectivity index (χ1v) is 10.1. The number of nitrogens with zero attached hydrogens (tertiary/aromatic N) is 1. The van der Waals surface area contributed by atoms with Crippen LogP contribution in [0.1, 0.15) is 0 Å². The van der Waals surface area contributed by atoms with Gasteiger partial charge in [-0.2, -0.15) is 5.26 Å². The maximum atomic E-state index is 12.6. The van der Waals surface area contributed by atoms with E-state index in [0.717, 1.165) is 9.79 Å². The zero-order valence-corrected chi connectivity index (χ0v) is 17.4. The Morgan fingerprint density at radius 1 is 0.966 bits per heavy atom. The Labute approximate surface area is 183 Å². The van der Waals surface area contributed by atoms with E-state index in [1.54, 1.807) is 24.3 Å². The van der Waals surface area contributed by atoms with Crippen molar-refractivity contribution in [1.29, 1.82) is 5.26 Å². The van der Waals surface area contributed by atoms with Gasteiger partial charge in [-0.05, 0) is 42.5 Å². The summed E-state index contributed by atoms with van der Waals surface area (Å²) < 4.78 is 0. The molecule has 29 heavy (non-hydrogen) atoms. The number of halogens is 2. The van der Waals surface area contributed by atoms with Crippen molar-refractivity contribution >= 4 is 52.2 Å². The first kappa shape index (κ1) is 20.8. The molecule has 3 aromatic rings. The third-order valence-electron chi connectivity index (χ3n) is 3.72. The van der Waals surface area contributed by atoms with E-state index in [4.69, 9.17) is 23.2 Å². The topological polar surface area (TPSA) is 64.9 Å². The normalized spacial score (nSPS) is 10.9. The maximum Gasteiger partial charge on any atom is 0.267 e. The minimum Gasteiger partial charge on any atom is -0.360 e. The number of hydrogen-bond acceptors (Lipinski definition) is 4. The Bertz CT molecular complexity index is 1070. The SMILES string of the molecule is N#C/C(=C/Nc1cc(Cl)cc(Cl)c1)C(=O)Nc1ccccc1Sc1ccccc1. The Hall–Kier alpha value is -2.91. The van der Waals surface area contributed by atoms with Gasteiger partial charge < -0.3 is 10.6 Å². The minimum absolute atomic E-state index is 0.0828. The van der Waals surface area contributed by atoms with Gasteiger partial charge in [0, 0.05) is 31.7 Å². The van der Waals surface area contributed by atoms with Crippen LogP contribution in [0.2, 0.25) is 10.0 Å². The highest BCUT2D eigenvalue weighted by molar-refractivity contribution is 7.99. The lowest BCUT2D eigenvalue weighted by Gasteiger charge is -2.10. The molecule has 0 aliphatic carbocycles. The summed E-state index contributed by atoms with van der Waals surface area (Å²) in [5.41, 5.74) is 1.11. The molecule has 7 heteroatoms. The van der Waals surface area contributed by atoms with E-state index in [0.29, 0.717) is 21.4 Å². The van der Waals surface area contributed by atoms with Crippen molar-refractivity contribution in [2.24, 2.45) is 0 Å². The van der Waals surface area contributed by atoms with E-state index in [-0.39, 0.29) is 5.57 Å². The summed E-state index contributed by atoms with van der Waals surface area (Å²) in [6.07, 6.45) is 1.32. The van der Waals surface area contributed by atoms with Crippen LogP contribution >= 0.6 is 35.0 Å². The second kappa shape index (κ2) is 10.0. The van der Waals surface area contributed by atoms with Crippen LogP contribution in [0.5, 0.6) is 0 Å². The summed E-state index contributed by atoms with van der Waals surface area (Å²) in [5, 5.41) is 16.0. The molecule has 0 aliphatic rings. The van der Waals surface area contributed by atoms with E-state index in [2.05, 4.69) is 10.6 Å². The molecule has 1 amide bonds. The molecule has 0 spiro atoms. The number of carbonyl (C=O) groups is 1. The summed E-state index contributed by atoms with van der Waals surface area (Å²) in [5.74, 6) is -0.519. The third kappa shape index (κ3) is 6.03. The first-order chi connectivity index (χ1) is 14.0. The van der Waals surface area contributed by atoms with Gasteiger partial charge in [0.25, 0.3) is 5.91 Å². The number of rotatable bonds is 6. The summed E-state index contributed by atoms with van der Waals surface area (Å²) in [4.78, 5) is 14.5. The largest absolute Gasteiger partial charge is 0.360 e. The smallest absolute Gasteiger partial charge is 0.267 e. The fraction of sp³-hybridized carbons (Fsp3) is 0. The van der Waals surface area contributed by atoms with Gasteiger partial charge in [-0.1, -0.05) is 65.3 Å². The van der Waals surface area contributed by atoms with Gasteiger partial charge in [-0.3, -0.25) is 4.79 Å². The predicted octanol–water partition coefficient (Wildman–Crippen LogP) is 6.60. The molecule has 0 unspecified atom stereocenters. The number of carbonyl (C=O) groups excluding carboxylic acids is 1. The fourth-order valence-corrected chi connectivity index (χ4v) is 3.85. The van der Waals surface area contributed by atoms with Gasteiger partial charge in [-0.15, -0.1) is 0 Å². The van der Waals surface area contributed by atoms with Crippen LogP contribution in [0, 0.1) is 11.3 Å². The summed E-state index contributed by atoms with van der Waals surface area (Å²) in [6, 6.07) is 24.0. The predicted molar refractivity (Wildman–Crippen MR) is 119 cm³/mol. The highest BCUT2D eigenvalue weighted by Gasteiger charge is 2.12. The van der Waals surface area contributed by atoms with Crippen molar-refractivity contribution in [3.8, 4) is 6.07 Å². The molecular formula is C22H15Cl2N3OS. The van der Waals surface area contributed by atoms with Crippen LogP contribution in [0.25, 0.3) is 0 Å². The van der Waals surface area contributed by atoms with Gasteiger partial charge in [0.15, 0.2) is 0 Å². The third-order valence-corrected chi connectivity index (χ3v) is 5.24. The van der Waals surface area contributed by atoms with Crippen LogP contribution < -0.4 is 10.6 Å². The van der Waals surface area contributed by atoms with E-state index in [1.807, 2.05) is 54.6 Å². The van der Waals surface area contributed by atoms with Crippen LogP contribution in [-0.2, 0) is 4.79 Å². The lowest BCUT2D eigenvalue weighted by molar-refractivity contribution is -0.112. The standard InChI is InChI=1S/C22H15Cl2N3OS/c23-16-10-17(24)12-18(11-16)26-14-15(13-25)22(28)27-20-8-4-5-9-21(20)29-19-6-2-1-3-7-19/h1-12,14,26H,(H,27,28)/b15-14-. The molecule has 144 valence electrons. The molecule has 0 aliphatic heterocycles.